The zero-order chi connectivity index (χ0) is 11.6. The lowest BCUT2D eigenvalue weighted by Crippen LogP contribution is -2.46. The minimum absolute atomic E-state index is 0.503. The predicted molar refractivity (Wildman–Crippen MR) is 63.2 cm³/mol. The van der Waals surface area contributed by atoms with Gasteiger partial charge in [-0.25, -0.2) is 0 Å². The first kappa shape index (κ1) is 11.6. The number of likely N-dealkylation sites (tertiary alicyclic amines) is 1. The molecule has 0 aromatic carbocycles. The fourth-order valence-electron chi connectivity index (χ4n) is 2.55. The fourth-order valence-corrected chi connectivity index (χ4v) is 2.55. The van der Waals surface area contributed by atoms with Crippen molar-refractivity contribution in [2.45, 2.75) is 31.3 Å². The molecule has 0 radical (unpaired) electrons. The van der Waals surface area contributed by atoms with Crippen molar-refractivity contribution in [3.05, 3.63) is 18.0 Å². The molecule has 1 saturated heterocycles. The predicted octanol–water partition coefficient (Wildman–Crippen LogP) is 0.809. The molecule has 1 fully saturated rings. The largest absolute Gasteiger partial charge is 0.389 e. The van der Waals surface area contributed by atoms with E-state index in [9.17, 15) is 5.11 Å². The van der Waals surface area contributed by atoms with Gasteiger partial charge in [-0.1, -0.05) is 0 Å². The maximum Gasteiger partial charge on any atom is 0.0778 e. The minimum atomic E-state index is -0.503. The van der Waals surface area contributed by atoms with Crippen molar-refractivity contribution in [3.63, 3.8) is 0 Å². The standard InChI is InChI=1S/C12H21N3O/c1-14-9-3-6-12(16,10-14)7-4-11-5-8-13-15(11)2/h5,8,16H,3-4,6-7,9-10H2,1-2H3. The van der Waals surface area contributed by atoms with Crippen LogP contribution in [0.15, 0.2) is 12.3 Å². The second kappa shape index (κ2) is 4.55. The summed E-state index contributed by atoms with van der Waals surface area (Å²) in [6.07, 6.45) is 5.57. The first-order chi connectivity index (χ1) is 7.59. The van der Waals surface area contributed by atoms with Crippen molar-refractivity contribution in [3.8, 4) is 0 Å². The third-order valence-corrected chi connectivity index (χ3v) is 3.52. The van der Waals surface area contributed by atoms with Gasteiger partial charge in [0.1, 0.15) is 0 Å². The van der Waals surface area contributed by atoms with Crippen LogP contribution in [0.4, 0.5) is 0 Å². The topological polar surface area (TPSA) is 41.3 Å². The second-order valence-electron chi connectivity index (χ2n) is 5.01. The molecule has 1 aromatic rings. The van der Waals surface area contributed by atoms with Crippen molar-refractivity contribution in [2.24, 2.45) is 7.05 Å². The van der Waals surface area contributed by atoms with Crippen LogP contribution in [-0.4, -0.2) is 45.5 Å². The Kier molecular flexibility index (Phi) is 3.30. The first-order valence-electron chi connectivity index (χ1n) is 5.97. The molecule has 0 aliphatic carbocycles. The maximum atomic E-state index is 10.5. The number of nitrogens with zero attached hydrogens (tertiary/aromatic N) is 3. The molecule has 1 unspecified atom stereocenters. The average Bonchev–Trinajstić information content (AvgIpc) is 2.61. The average molecular weight is 223 g/mol. The molecule has 0 amide bonds. The second-order valence-corrected chi connectivity index (χ2v) is 5.01. The fraction of sp³-hybridized carbons (Fsp3) is 0.750. The normalized spacial score (nSPS) is 27.2. The molecule has 1 atom stereocenters. The van der Waals surface area contributed by atoms with E-state index in [4.69, 9.17) is 0 Å². The van der Waals surface area contributed by atoms with Crippen LogP contribution in [0.1, 0.15) is 25.0 Å². The number of aromatic nitrogens is 2. The molecule has 4 nitrogen and oxygen atoms in total. The molecule has 2 heterocycles. The summed E-state index contributed by atoms with van der Waals surface area (Å²) in [6.45, 7) is 1.90. The molecule has 90 valence electrons. The quantitative estimate of drug-likeness (QED) is 0.824. The molecule has 0 spiro atoms. The number of aliphatic hydroxyl groups is 1. The number of hydrogen-bond acceptors (Lipinski definition) is 3. The van der Waals surface area contributed by atoms with Gasteiger partial charge in [0, 0.05) is 25.5 Å². The van der Waals surface area contributed by atoms with Crippen molar-refractivity contribution < 1.29 is 5.11 Å². The number of hydrogen-bond donors (Lipinski definition) is 1. The Morgan fingerprint density at radius 2 is 2.31 bits per heavy atom. The highest BCUT2D eigenvalue weighted by atomic mass is 16.3. The third-order valence-electron chi connectivity index (χ3n) is 3.52. The van der Waals surface area contributed by atoms with Gasteiger partial charge in [-0.15, -0.1) is 0 Å². The van der Waals surface area contributed by atoms with Crippen LogP contribution in [0.3, 0.4) is 0 Å². The van der Waals surface area contributed by atoms with Crippen LogP contribution in [0.5, 0.6) is 0 Å². The van der Waals surface area contributed by atoms with Crippen molar-refractivity contribution in [2.75, 3.05) is 20.1 Å². The number of β-amino-alcohol motifs (C(OH)–C–C–N with tert-alkyl or cyclic N) is 1. The van der Waals surface area contributed by atoms with Gasteiger partial charge >= 0.3 is 0 Å². The van der Waals surface area contributed by atoms with E-state index in [1.165, 1.54) is 5.69 Å². The monoisotopic (exact) mass is 223 g/mol. The van der Waals surface area contributed by atoms with Gasteiger partial charge in [0.15, 0.2) is 0 Å². The summed E-state index contributed by atoms with van der Waals surface area (Å²) in [5.74, 6) is 0. The highest BCUT2D eigenvalue weighted by Gasteiger charge is 2.31. The Morgan fingerprint density at radius 3 is 2.94 bits per heavy atom. The summed E-state index contributed by atoms with van der Waals surface area (Å²) in [7, 11) is 4.03. The number of likely N-dealkylation sites (N-methyl/N-ethyl adjacent to an activating group) is 1. The zero-order valence-corrected chi connectivity index (χ0v) is 10.2. The van der Waals surface area contributed by atoms with Crippen molar-refractivity contribution in [1.82, 2.24) is 14.7 Å². The summed E-state index contributed by atoms with van der Waals surface area (Å²) in [6, 6.07) is 2.02. The van der Waals surface area contributed by atoms with Crippen LogP contribution >= 0.6 is 0 Å². The Balaban J connectivity index is 1.91. The zero-order valence-electron chi connectivity index (χ0n) is 10.2. The molecule has 2 rings (SSSR count). The van der Waals surface area contributed by atoms with Gasteiger partial charge in [-0.3, -0.25) is 4.68 Å². The lowest BCUT2D eigenvalue weighted by atomic mass is 9.88. The van der Waals surface area contributed by atoms with Crippen molar-refractivity contribution in [1.29, 1.82) is 0 Å². The van der Waals surface area contributed by atoms with E-state index in [2.05, 4.69) is 17.0 Å². The SMILES string of the molecule is CN1CCCC(O)(CCc2ccnn2C)C1. The number of rotatable bonds is 3. The van der Waals surface area contributed by atoms with E-state index in [0.29, 0.717) is 0 Å². The van der Waals surface area contributed by atoms with Crippen LogP contribution in [0.25, 0.3) is 0 Å². The summed E-state index contributed by atoms with van der Waals surface area (Å²) < 4.78 is 1.88. The van der Waals surface area contributed by atoms with E-state index < -0.39 is 5.60 Å². The molecular weight excluding hydrogens is 202 g/mol. The summed E-state index contributed by atoms with van der Waals surface area (Å²) >= 11 is 0. The highest BCUT2D eigenvalue weighted by Crippen LogP contribution is 2.25. The van der Waals surface area contributed by atoms with E-state index in [1.54, 1.807) is 0 Å². The molecular formula is C12H21N3O. The Hall–Kier alpha value is -0.870. The van der Waals surface area contributed by atoms with E-state index >= 15 is 0 Å². The van der Waals surface area contributed by atoms with Crippen LogP contribution < -0.4 is 0 Å². The van der Waals surface area contributed by atoms with Gasteiger partial charge in [-0.2, -0.15) is 5.10 Å². The molecule has 1 aliphatic rings. The van der Waals surface area contributed by atoms with Gasteiger partial charge in [0.2, 0.25) is 0 Å². The lowest BCUT2D eigenvalue weighted by Gasteiger charge is -2.37. The number of piperidine rings is 1. The van der Waals surface area contributed by atoms with E-state index in [-0.39, 0.29) is 0 Å². The molecule has 4 heteroatoms. The molecule has 1 N–H and O–H groups in total. The van der Waals surface area contributed by atoms with Crippen LogP contribution in [0, 0.1) is 0 Å². The van der Waals surface area contributed by atoms with E-state index in [1.807, 2.05) is 24.0 Å². The highest BCUT2D eigenvalue weighted by molar-refractivity contribution is 5.02. The van der Waals surface area contributed by atoms with Crippen molar-refractivity contribution >= 4 is 0 Å². The maximum absolute atomic E-state index is 10.5. The molecule has 0 bridgehead atoms. The Morgan fingerprint density at radius 1 is 1.50 bits per heavy atom. The van der Waals surface area contributed by atoms with Crippen LogP contribution in [0.2, 0.25) is 0 Å². The van der Waals surface area contributed by atoms with Gasteiger partial charge in [0.05, 0.1) is 5.60 Å². The Labute approximate surface area is 96.9 Å². The number of aryl methyl sites for hydroxylation is 2. The molecule has 1 aliphatic heterocycles. The minimum Gasteiger partial charge on any atom is -0.389 e. The van der Waals surface area contributed by atoms with Gasteiger partial charge < -0.3 is 10.0 Å². The Bertz CT molecular complexity index is 350. The molecule has 0 saturated carbocycles. The molecule has 1 aromatic heterocycles. The van der Waals surface area contributed by atoms with Gasteiger partial charge in [0.25, 0.3) is 0 Å². The summed E-state index contributed by atoms with van der Waals surface area (Å²) in [5.41, 5.74) is 0.693. The third kappa shape index (κ3) is 2.62. The smallest absolute Gasteiger partial charge is 0.0778 e. The van der Waals surface area contributed by atoms with Gasteiger partial charge in [-0.05, 0) is 45.3 Å². The lowest BCUT2D eigenvalue weighted by molar-refractivity contribution is -0.0293. The van der Waals surface area contributed by atoms with Crippen LogP contribution in [-0.2, 0) is 13.5 Å². The molecule has 16 heavy (non-hydrogen) atoms. The first-order valence-corrected chi connectivity index (χ1v) is 5.97. The van der Waals surface area contributed by atoms with E-state index in [0.717, 1.165) is 38.8 Å². The summed E-state index contributed by atoms with van der Waals surface area (Å²) in [4.78, 5) is 2.22. The summed E-state index contributed by atoms with van der Waals surface area (Å²) in [5, 5.41) is 14.6.